The first-order chi connectivity index (χ1) is 9.96. The standard InChI is InChI=1S/C15H13F2N3O/c1-3-14-13(8-20(2)19-14)15(21)12(7-18)9-4-10(16)6-11(17)5-9/h4-6,8,12H,3H2,1-2H3. The van der Waals surface area contributed by atoms with Crippen LogP contribution in [0.25, 0.3) is 0 Å². The van der Waals surface area contributed by atoms with Crippen LogP contribution in [0.15, 0.2) is 24.4 Å². The molecule has 4 nitrogen and oxygen atoms in total. The predicted molar refractivity (Wildman–Crippen MR) is 71.6 cm³/mol. The lowest BCUT2D eigenvalue weighted by Gasteiger charge is -2.08. The monoisotopic (exact) mass is 289 g/mol. The zero-order valence-electron chi connectivity index (χ0n) is 11.6. The van der Waals surface area contributed by atoms with Crippen molar-refractivity contribution in [3.05, 3.63) is 52.9 Å². The molecule has 0 bridgehead atoms. The number of aryl methyl sites for hydroxylation is 2. The van der Waals surface area contributed by atoms with Gasteiger partial charge in [0.15, 0.2) is 5.78 Å². The average Bonchev–Trinajstić information content (AvgIpc) is 2.79. The van der Waals surface area contributed by atoms with Crippen molar-refractivity contribution in [2.75, 3.05) is 0 Å². The van der Waals surface area contributed by atoms with Gasteiger partial charge in [0.2, 0.25) is 0 Å². The van der Waals surface area contributed by atoms with Gasteiger partial charge < -0.3 is 0 Å². The number of Topliss-reactive ketones (excluding diaryl/α,β-unsaturated/α-hetero) is 1. The molecule has 0 radical (unpaired) electrons. The molecule has 2 rings (SSSR count). The van der Waals surface area contributed by atoms with Gasteiger partial charge in [0.05, 0.1) is 17.3 Å². The topological polar surface area (TPSA) is 58.7 Å². The normalized spacial score (nSPS) is 12.0. The van der Waals surface area contributed by atoms with Gasteiger partial charge in [-0.15, -0.1) is 0 Å². The summed E-state index contributed by atoms with van der Waals surface area (Å²) in [5, 5.41) is 13.4. The maximum Gasteiger partial charge on any atom is 0.187 e. The maximum absolute atomic E-state index is 13.3. The third-order valence-corrected chi connectivity index (χ3v) is 3.12. The second-order valence-electron chi connectivity index (χ2n) is 4.65. The van der Waals surface area contributed by atoms with Crippen molar-refractivity contribution in [2.24, 2.45) is 7.05 Å². The van der Waals surface area contributed by atoms with Crippen molar-refractivity contribution in [1.82, 2.24) is 9.78 Å². The second kappa shape index (κ2) is 5.83. The molecule has 0 fully saturated rings. The Morgan fingerprint density at radius 1 is 1.38 bits per heavy atom. The van der Waals surface area contributed by atoms with Gasteiger partial charge in [-0.05, 0) is 24.1 Å². The maximum atomic E-state index is 13.3. The number of benzene rings is 1. The Labute approximate surface area is 120 Å². The van der Waals surface area contributed by atoms with Crippen molar-refractivity contribution in [3.63, 3.8) is 0 Å². The Bertz CT molecular complexity index is 711. The number of halogens is 2. The van der Waals surface area contributed by atoms with E-state index in [9.17, 15) is 18.8 Å². The summed E-state index contributed by atoms with van der Waals surface area (Å²) in [6, 6.07) is 4.50. The van der Waals surface area contributed by atoms with E-state index in [2.05, 4.69) is 5.10 Å². The number of ketones is 1. The van der Waals surface area contributed by atoms with E-state index in [4.69, 9.17) is 0 Å². The third-order valence-electron chi connectivity index (χ3n) is 3.12. The molecule has 0 aliphatic carbocycles. The van der Waals surface area contributed by atoms with Crippen LogP contribution in [0.4, 0.5) is 8.78 Å². The van der Waals surface area contributed by atoms with Gasteiger partial charge in [0.25, 0.3) is 0 Å². The fourth-order valence-corrected chi connectivity index (χ4v) is 2.18. The zero-order valence-corrected chi connectivity index (χ0v) is 11.6. The minimum absolute atomic E-state index is 0.00547. The summed E-state index contributed by atoms with van der Waals surface area (Å²) in [4.78, 5) is 12.5. The van der Waals surface area contributed by atoms with Gasteiger partial charge in [-0.3, -0.25) is 9.48 Å². The second-order valence-corrected chi connectivity index (χ2v) is 4.65. The van der Waals surface area contributed by atoms with Crippen molar-refractivity contribution >= 4 is 5.78 Å². The van der Waals surface area contributed by atoms with Crippen LogP contribution in [0.3, 0.4) is 0 Å². The van der Waals surface area contributed by atoms with Crippen molar-refractivity contribution < 1.29 is 13.6 Å². The minimum atomic E-state index is -1.26. The molecule has 21 heavy (non-hydrogen) atoms. The van der Waals surface area contributed by atoms with Crippen LogP contribution in [0.1, 0.15) is 34.5 Å². The SMILES string of the molecule is CCc1nn(C)cc1C(=O)C(C#N)c1cc(F)cc(F)c1. The molecule has 0 saturated heterocycles. The molecule has 2 aromatic rings. The molecule has 0 aliphatic heterocycles. The summed E-state index contributed by atoms with van der Waals surface area (Å²) in [6.45, 7) is 1.84. The number of carbonyl (C=O) groups excluding carboxylic acids is 1. The highest BCUT2D eigenvalue weighted by molar-refractivity contribution is 6.03. The first-order valence-corrected chi connectivity index (χ1v) is 6.38. The zero-order chi connectivity index (χ0) is 15.6. The van der Waals surface area contributed by atoms with Gasteiger partial charge in [-0.1, -0.05) is 6.92 Å². The van der Waals surface area contributed by atoms with E-state index in [-0.39, 0.29) is 5.56 Å². The minimum Gasteiger partial charge on any atom is -0.292 e. The van der Waals surface area contributed by atoms with E-state index in [1.165, 1.54) is 10.9 Å². The van der Waals surface area contributed by atoms with Gasteiger partial charge in [0.1, 0.15) is 17.6 Å². The molecule has 1 heterocycles. The molecule has 1 unspecified atom stereocenters. The fraction of sp³-hybridized carbons (Fsp3) is 0.267. The fourth-order valence-electron chi connectivity index (χ4n) is 2.18. The average molecular weight is 289 g/mol. The highest BCUT2D eigenvalue weighted by atomic mass is 19.1. The molecule has 0 spiro atoms. The van der Waals surface area contributed by atoms with Gasteiger partial charge in [-0.25, -0.2) is 8.78 Å². The molecule has 1 atom stereocenters. The smallest absolute Gasteiger partial charge is 0.187 e. The van der Waals surface area contributed by atoms with E-state index < -0.39 is 23.3 Å². The van der Waals surface area contributed by atoms with Crippen LogP contribution >= 0.6 is 0 Å². The largest absolute Gasteiger partial charge is 0.292 e. The molecule has 1 aromatic carbocycles. The number of hydrogen-bond donors (Lipinski definition) is 0. The summed E-state index contributed by atoms with van der Waals surface area (Å²) in [5.41, 5.74) is 0.863. The highest BCUT2D eigenvalue weighted by Crippen LogP contribution is 2.24. The molecule has 0 N–H and O–H groups in total. The number of aromatic nitrogens is 2. The van der Waals surface area contributed by atoms with Crippen LogP contribution in [-0.2, 0) is 13.5 Å². The number of rotatable bonds is 4. The molecular formula is C15H13F2N3O. The molecule has 1 aromatic heterocycles. The summed E-state index contributed by atoms with van der Waals surface area (Å²) in [6.07, 6.45) is 2.04. The quantitative estimate of drug-likeness (QED) is 0.813. The molecule has 0 saturated carbocycles. The van der Waals surface area contributed by atoms with Crippen LogP contribution in [0.5, 0.6) is 0 Å². The first-order valence-electron chi connectivity index (χ1n) is 6.38. The summed E-state index contributed by atoms with van der Waals surface area (Å²) in [5.74, 6) is -3.41. The van der Waals surface area contributed by atoms with E-state index >= 15 is 0 Å². The first kappa shape index (κ1) is 14.9. The van der Waals surface area contributed by atoms with Crippen molar-refractivity contribution in [2.45, 2.75) is 19.3 Å². The van der Waals surface area contributed by atoms with Gasteiger partial charge >= 0.3 is 0 Å². The number of carbonyl (C=O) groups is 1. The Kier molecular flexibility index (Phi) is 4.13. The van der Waals surface area contributed by atoms with E-state index in [0.717, 1.165) is 12.1 Å². The lowest BCUT2D eigenvalue weighted by molar-refractivity contribution is 0.0978. The van der Waals surface area contributed by atoms with E-state index in [1.54, 1.807) is 7.05 Å². The Morgan fingerprint density at radius 3 is 2.52 bits per heavy atom. The molecule has 0 amide bonds. The van der Waals surface area contributed by atoms with Crippen LogP contribution in [0.2, 0.25) is 0 Å². The number of hydrogen-bond acceptors (Lipinski definition) is 3. The predicted octanol–water partition coefficient (Wildman–Crippen LogP) is 2.75. The lowest BCUT2D eigenvalue weighted by atomic mass is 9.91. The summed E-state index contributed by atoms with van der Waals surface area (Å²) >= 11 is 0. The van der Waals surface area contributed by atoms with E-state index in [0.29, 0.717) is 23.7 Å². The van der Waals surface area contributed by atoms with Gasteiger partial charge in [0, 0.05) is 19.3 Å². The van der Waals surface area contributed by atoms with Crippen LogP contribution in [0, 0.1) is 23.0 Å². The van der Waals surface area contributed by atoms with Crippen LogP contribution in [-0.4, -0.2) is 15.6 Å². The summed E-state index contributed by atoms with van der Waals surface area (Å²) < 4.78 is 28.0. The molecule has 0 aliphatic rings. The molecule has 108 valence electrons. The van der Waals surface area contributed by atoms with Crippen molar-refractivity contribution in [3.8, 4) is 6.07 Å². The van der Waals surface area contributed by atoms with Crippen LogP contribution < -0.4 is 0 Å². The molecule has 6 heteroatoms. The van der Waals surface area contributed by atoms with Crippen molar-refractivity contribution in [1.29, 1.82) is 5.26 Å². The number of nitriles is 1. The Balaban J connectivity index is 2.46. The molecular weight excluding hydrogens is 276 g/mol. The summed E-state index contributed by atoms with van der Waals surface area (Å²) in [7, 11) is 1.67. The third kappa shape index (κ3) is 2.97. The van der Waals surface area contributed by atoms with E-state index in [1.807, 2.05) is 13.0 Å². The Morgan fingerprint density at radius 2 is 2.00 bits per heavy atom. The highest BCUT2D eigenvalue weighted by Gasteiger charge is 2.26. The van der Waals surface area contributed by atoms with Gasteiger partial charge in [-0.2, -0.15) is 10.4 Å². The number of nitrogens with zero attached hydrogens (tertiary/aromatic N) is 3. The Hall–Kier alpha value is -2.55. The lowest BCUT2D eigenvalue weighted by Crippen LogP contribution is -2.13.